The quantitative estimate of drug-likeness (QED) is 0.285. The summed E-state index contributed by atoms with van der Waals surface area (Å²) in [6.07, 6.45) is 3.01. The monoisotopic (exact) mass is 354 g/mol. The number of esters is 1. The van der Waals surface area contributed by atoms with E-state index in [1.165, 1.54) is 6.08 Å². The molecule has 4 aromatic carbocycles. The smallest absolute Gasteiger partial charge is 0.335 e. The van der Waals surface area contributed by atoms with Gasteiger partial charge in [0.2, 0.25) is 0 Å². The first-order valence-electron chi connectivity index (χ1n) is 8.76. The number of benzene rings is 4. The normalized spacial score (nSPS) is 11.3. The minimum Gasteiger partial charge on any atom is -0.507 e. The first-order valence-corrected chi connectivity index (χ1v) is 8.76. The summed E-state index contributed by atoms with van der Waals surface area (Å²) >= 11 is 0. The Bertz CT molecular complexity index is 1190. The number of fused-ring (bicyclic) bond motifs is 2. The summed E-state index contributed by atoms with van der Waals surface area (Å²) in [5, 5.41) is 14.5. The minimum atomic E-state index is -0.450. The molecule has 0 amide bonds. The average molecular weight is 354 g/mol. The third-order valence-corrected chi connectivity index (χ3v) is 4.56. The summed E-state index contributed by atoms with van der Waals surface area (Å²) < 4.78 is 5.62. The Kier molecular flexibility index (Phi) is 4.35. The molecule has 132 valence electrons. The Hall–Kier alpha value is -3.59. The number of hydrogen-bond acceptors (Lipinski definition) is 3. The Morgan fingerprint density at radius 3 is 2.07 bits per heavy atom. The van der Waals surface area contributed by atoms with Gasteiger partial charge in [0.05, 0.1) is 0 Å². The summed E-state index contributed by atoms with van der Waals surface area (Å²) in [5.74, 6) is 0.116. The molecular formula is C24H18O3. The molecule has 0 heterocycles. The minimum absolute atomic E-state index is 0.147. The molecular weight excluding hydrogens is 336 g/mol. The SMILES string of the molecule is C/C=C/C(=O)Oc1ccc2ccccc2c1-c1c(O)ccc2ccccc12. The molecule has 0 radical (unpaired) electrons. The van der Waals surface area contributed by atoms with Gasteiger partial charge in [-0.3, -0.25) is 0 Å². The first kappa shape index (κ1) is 16.9. The third-order valence-electron chi connectivity index (χ3n) is 4.56. The molecule has 0 aliphatic carbocycles. The lowest BCUT2D eigenvalue weighted by Crippen LogP contribution is -2.05. The van der Waals surface area contributed by atoms with Crippen LogP contribution in [0.25, 0.3) is 32.7 Å². The van der Waals surface area contributed by atoms with Crippen molar-refractivity contribution in [1.82, 2.24) is 0 Å². The highest BCUT2D eigenvalue weighted by molar-refractivity contribution is 6.10. The van der Waals surface area contributed by atoms with Gasteiger partial charge in [-0.1, -0.05) is 66.7 Å². The number of hydrogen-bond donors (Lipinski definition) is 1. The maximum atomic E-state index is 12.1. The van der Waals surface area contributed by atoms with E-state index >= 15 is 0 Å². The number of allylic oxidation sites excluding steroid dienone is 1. The van der Waals surface area contributed by atoms with Gasteiger partial charge in [-0.05, 0) is 40.6 Å². The summed E-state index contributed by atoms with van der Waals surface area (Å²) in [4.78, 5) is 12.1. The van der Waals surface area contributed by atoms with Crippen molar-refractivity contribution < 1.29 is 14.6 Å². The molecule has 1 N–H and O–H groups in total. The molecule has 0 aliphatic rings. The number of phenols is 1. The molecule has 0 fully saturated rings. The van der Waals surface area contributed by atoms with Gasteiger partial charge in [-0.15, -0.1) is 0 Å². The van der Waals surface area contributed by atoms with Crippen molar-refractivity contribution in [2.24, 2.45) is 0 Å². The van der Waals surface area contributed by atoms with Crippen molar-refractivity contribution in [1.29, 1.82) is 0 Å². The second-order valence-electron chi connectivity index (χ2n) is 6.26. The zero-order valence-corrected chi connectivity index (χ0v) is 14.8. The molecule has 0 bridgehead atoms. The second kappa shape index (κ2) is 6.96. The van der Waals surface area contributed by atoms with Crippen molar-refractivity contribution in [3.05, 3.63) is 84.9 Å². The Balaban J connectivity index is 2.09. The van der Waals surface area contributed by atoms with Crippen LogP contribution in [0.1, 0.15) is 6.92 Å². The van der Waals surface area contributed by atoms with Crippen molar-refractivity contribution >= 4 is 27.5 Å². The fraction of sp³-hybridized carbons (Fsp3) is 0.0417. The van der Waals surface area contributed by atoms with E-state index in [1.54, 1.807) is 25.1 Å². The molecule has 0 aromatic heterocycles. The zero-order chi connectivity index (χ0) is 18.8. The van der Waals surface area contributed by atoms with E-state index in [2.05, 4.69) is 0 Å². The lowest BCUT2D eigenvalue weighted by Gasteiger charge is -2.16. The van der Waals surface area contributed by atoms with Crippen LogP contribution in [0, 0.1) is 0 Å². The van der Waals surface area contributed by atoms with Crippen LogP contribution in [0.3, 0.4) is 0 Å². The molecule has 0 spiro atoms. The highest BCUT2D eigenvalue weighted by Gasteiger charge is 2.18. The topological polar surface area (TPSA) is 46.5 Å². The van der Waals surface area contributed by atoms with E-state index < -0.39 is 5.97 Å². The number of phenolic OH excluding ortho intramolecular Hbond substituents is 1. The molecule has 0 atom stereocenters. The predicted octanol–water partition coefficient (Wildman–Crippen LogP) is 5.85. The van der Waals surface area contributed by atoms with Crippen LogP contribution in [0.15, 0.2) is 84.9 Å². The fourth-order valence-electron chi connectivity index (χ4n) is 3.40. The van der Waals surface area contributed by atoms with E-state index in [9.17, 15) is 9.90 Å². The van der Waals surface area contributed by atoms with E-state index in [4.69, 9.17) is 4.74 Å². The molecule has 0 aliphatic heterocycles. The van der Waals surface area contributed by atoms with Crippen molar-refractivity contribution in [2.75, 3.05) is 0 Å². The molecule has 4 aromatic rings. The van der Waals surface area contributed by atoms with Crippen LogP contribution in [0.5, 0.6) is 11.5 Å². The number of rotatable bonds is 3. The van der Waals surface area contributed by atoms with Crippen LogP contribution in [-0.2, 0) is 4.79 Å². The van der Waals surface area contributed by atoms with Gasteiger partial charge < -0.3 is 9.84 Å². The molecule has 0 unspecified atom stereocenters. The van der Waals surface area contributed by atoms with Crippen LogP contribution < -0.4 is 4.74 Å². The lowest BCUT2D eigenvalue weighted by molar-refractivity contribution is -0.128. The third kappa shape index (κ3) is 3.04. The fourth-order valence-corrected chi connectivity index (χ4v) is 3.40. The second-order valence-corrected chi connectivity index (χ2v) is 6.26. The number of ether oxygens (including phenoxy) is 1. The highest BCUT2D eigenvalue weighted by Crippen LogP contribution is 2.44. The molecule has 27 heavy (non-hydrogen) atoms. The number of carbonyl (C=O) groups is 1. The van der Waals surface area contributed by atoms with E-state index in [1.807, 2.05) is 60.7 Å². The summed E-state index contributed by atoms with van der Waals surface area (Å²) in [5.41, 5.74) is 1.37. The molecule has 4 rings (SSSR count). The standard InChI is InChI=1S/C24H18O3/c1-2-7-22(26)27-21-15-13-17-9-4-6-11-19(17)24(21)23-18-10-5-3-8-16(18)12-14-20(23)25/h2-15,25H,1H3/b7-2+. The van der Waals surface area contributed by atoms with Crippen LogP contribution in [-0.4, -0.2) is 11.1 Å². The molecule has 0 saturated heterocycles. The van der Waals surface area contributed by atoms with Crippen molar-refractivity contribution in [3.8, 4) is 22.6 Å². The molecule has 3 nitrogen and oxygen atoms in total. The Morgan fingerprint density at radius 1 is 0.815 bits per heavy atom. The van der Waals surface area contributed by atoms with Gasteiger partial charge in [-0.2, -0.15) is 0 Å². The van der Waals surface area contributed by atoms with Crippen LogP contribution in [0.2, 0.25) is 0 Å². The number of aromatic hydroxyl groups is 1. The van der Waals surface area contributed by atoms with E-state index in [0.29, 0.717) is 16.9 Å². The van der Waals surface area contributed by atoms with Crippen molar-refractivity contribution in [3.63, 3.8) is 0 Å². The maximum Gasteiger partial charge on any atom is 0.335 e. The average Bonchev–Trinajstić information content (AvgIpc) is 2.69. The van der Waals surface area contributed by atoms with E-state index in [-0.39, 0.29) is 5.75 Å². The predicted molar refractivity (Wildman–Crippen MR) is 109 cm³/mol. The maximum absolute atomic E-state index is 12.1. The largest absolute Gasteiger partial charge is 0.507 e. The van der Waals surface area contributed by atoms with Gasteiger partial charge in [-0.25, -0.2) is 4.79 Å². The summed E-state index contributed by atoms with van der Waals surface area (Å²) in [6, 6.07) is 23.0. The van der Waals surface area contributed by atoms with Crippen molar-refractivity contribution in [2.45, 2.75) is 6.92 Å². The van der Waals surface area contributed by atoms with Gasteiger partial charge in [0.25, 0.3) is 0 Å². The Labute approximate surface area is 157 Å². The number of carbonyl (C=O) groups excluding carboxylic acids is 1. The van der Waals surface area contributed by atoms with Gasteiger partial charge >= 0.3 is 5.97 Å². The van der Waals surface area contributed by atoms with Gasteiger partial charge in [0, 0.05) is 17.2 Å². The first-order chi connectivity index (χ1) is 13.2. The van der Waals surface area contributed by atoms with Crippen LogP contribution >= 0.6 is 0 Å². The molecule has 3 heteroatoms. The summed E-state index contributed by atoms with van der Waals surface area (Å²) in [7, 11) is 0. The Morgan fingerprint density at radius 2 is 1.41 bits per heavy atom. The molecule has 0 saturated carbocycles. The van der Waals surface area contributed by atoms with E-state index in [0.717, 1.165) is 21.5 Å². The lowest BCUT2D eigenvalue weighted by atomic mass is 9.92. The van der Waals surface area contributed by atoms with Gasteiger partial charge in [0.15, 0.2) is 0 Å². The summed E-state index contributed by atoms with van der Waals surface area (Å²) in [6.45, 7) is 1.76. The van der Waals surface area contributed by atoms with Crippen LogP contribution in [0.4, 0.5) is 0 Å². The van der Waals surface area contributed by atoms with Gasteiger partial charge in [0.1, 0.15) is 11.5 Å². The highest BCUT2D eigenvalue weighted by atomic mass is 16.5. The zero-order valence-electron chi connectivity index (χ0n) is 14.8.